The maximum atomic E-state index is 12.4. The summed E-state index contributed by atoms with van der Waals surface area (Å²) in [5, 5.41) is 9.59. The van der Waals surface area contributed by atoms with Crippen LogP contribution in [0, 0.1) is 0 Å². The van der Waals surface area contributed by atoms with Gasteiger partial charge in [0.05, 0.1) is 12.1 Å². The zero-order chi connectivity index (χ0) is 12.3. The molecule has 0 bridgehead atoms. The first kappa shape index (κ1) is 12.1. The van der Waals surface area contributed by atoms with Gasteiger partial charge in [0.15, 0.2) is 0 Å². The Balaban J connectivity index is 2.25. The summed E-state index contributed by atoms with van der Waals surface area (Å²) < 4.78 is 0. The van der Waals surface area contributed by atoms with Crippen LogP contribution >= 0.6 is 0 Å². The molecule has 0 radical (unpaired) electrons. The molecular formula is C14H19NO2. The molecular weight excluding hydrogens is 214 g/mol. The molecule has 1 aromatic rings. The van der Waals surface area contributed by atoms with Crippen LogP contribution < -0.4 is 0 Å². The van der Waals surface area contributed by atoms with Crippen LogP contribution in [0.1, 0.15) is 36.5 Å². The number of aliphatic hydroxyl groups is 1. The van der Waals surface area contributed by atoms with Gasteiger partial charge in [-0.25, -0.2) is 0 Å². The first-order valence-corrected chi connectivity index (χ1v) is 6.21. The summed E-state index contributed by atoms with van der Waals surface area (Å²) in [4.78, 5) is 14.2. The largest absolute Gasteiger partial charge is 0.394 e. The molecule has 3 heteroatoms. The number of benzene rings is 1. The Morgan fingerprint density at radius 1 is 1.41 bits per heavy atom. The van der Waals surface area contributed by atoms with Gasteiger partial charge in [0.2, 0.25) is 0 Å². The number of hydrogen-bond donors (Lipinski definition) is 1. The topological polar surface area (TPSA) is 40.5 Å². The molecule has 0 aliphatic carbocycles. The molecule has 92 valence electrons. The minimum absolute atomic E-state index is 0.0407. The summed E-state index contributed by atoms with van der Waals surface area (Å²) in [6.45, 7) is 2.84. The molecule has 1 amide bonds. The number of likely N-dealkylation sites (tertiary alicyclic amines) is 1. The van der Waals surface area contributed by atoms with Gasteiger partial charge in [-0.3, -0.25) is 4.79 Å². The highest BCUT2D eigenvalue weighted by Gasteiger charge is 2.41. The molecule has 2 rings (SSSR count). The molecule has 0 spiro atoms. The standard InChI is InChI=1S/C14H19NO2/c1-2-14(11-16)9-6-10-15(14)13(17)12-7-4-3-5-8-12/h3-5,7-8,16H,2,6,9-11H2,1H3. The molecule has 1 aromatic carbocycles. The number of aliphatic hydroxyl groups excluding tert-OH is 1. The average Bonchev–Trinajstić information content (AvgIpc) is 2.83. The highest BCUT2D eigenvalue weighted by molar-refractivity contribution is 5.94. The number of carbonyl (C=O) groups is 1. The maximum Gasteiger partial charge on any atom is 0.254 e. The molecule has 1 atom stereocenters. The van der Waals surface area contributed by atoms with Crippen molar-refractivity contribution in [1.29, 1.82) is 0 Å². The minimum Gasteiger partial charge on any atom is -0.394 e. The molecule has 17 heavy (non-hydrogen) atoms. The zero-order valence-electron chi connectivity index (χ0n) is 10.2. The highest BCUT2D eigenvalue weighted by Crippen LogP contribution is 2.33. The van der Waals surface area contributed by atoms with Gasteiger partial charge in [0, 0.05) is 12.1 Å². The van der Waals surface area contributed by atoms with Crippen molar-refractivity contribution in [3.63, 3.8) is 0 Å². The van der Waals surface area contributed by atoms with Crippen LogP contribution in [0.4, 0.5) is 0 Å². The van der Waals surface area contributed by atoms with Crippen LogP contribution in [-0.2, 0) is 0 Å². The summed E-state index contributed by atoms with van der Waals surface area (Å²) in [6.07, 6.45) is 2.69. The van der Waals surface area contributed by atoms with Crippen LogP contribution in [0.3, 0.4) is 0 Å². The fourth-order valence-electron chi connectivity index (χ4n) is 2.64. The van der Waals surface area contributed by atoms with Crippen molar-refractivity contribution in [3.05, 3.63) is 35.9 Å². The van der Waals surface area contributed by atoms with E-state index in [9.17, 15) is 9.90 Å². The van der Waals surface area contributed by atoms with E-state index in [1.807, 2.05) is 42.2 Å². The van der Waals surface area contributed by atoms with E-state index in [1.165, 1.54) is 0 Å². The van der Waals surface area contributed by atoms with Gasteiger partial charge in [-0.1, -0.05) is 25.1 Å². The van der Waals surface area contributed by atoms with Crippen molar-refractivity contribution < 1.29 is 9.90 Å². The fraction of sp³-hybridized carbons (Fsp3) is 0.500. The summed E-state index contributed by atoms with van der Waals surface area (Å²) in [6, 6.07) is 9.31. The SMILES string of the molecule is CCC1(CO)CCCN1C(=O)c1ccccc1. The zero-order valence-corrected chi connectivity index (χ0v) is 10.2. The van der Waals surface area contributed by atoms with E-state index in [4.69, 9.17) is 0 Å². The molecule has 1 saturated heterocycles. The van der Waals surface area contributed by atoms with E-state index >= 15 is 0 Å². The van der Waals surface area contributed by atoms with Crippen LogP contribution in [-0.4, -0.2) is 34.6 Å². The second kappa shape index (κ2) is 4.88. The van der Waals surface area contributed by atoms with Crippen molar-refractivity contribution in [2.45, 2.75) is 31.7 Å². The normalized spacial score (nSPS) is 24.0. The Morgan fingerprint density at radius 2 is 2.12 bits per heavy atom. The monoisotopic (exact) mass is 233 g/mol. The van der Waals surface area contributed by atoms with Crippen LogP contribution in [0.25, 0.3) is 0 Å². The fourth-order valence-corrected chi connectivity index (χ4v) is 2.64. The predicted molar refractivity (Wildman–Crippen MR) is 66.8 cm³/mol. The Morgan fingerprint density at radius 3 is 2.71 bits per heavy atom. The van der Waals surface area contributed by atoms with Crippen LogP contribution in [0.15, 0.2) is 30.3 Å². The van der Waals surface area contributed by atoms with Crippen molar-refractivity contribution in [3.8, 4) is 0 Å². The summed E-state index contributed by atoms with van der Waals surface area (Å²) in [7, 11) is 0. The Bertz CT molecular complexity index is 384. The molecule has 3 nitrogen and oxygen atoms in total. The first-order chi connectivity index (χ1) is 8.23. The van der Waals surface area contributed by atoms with Gasteiger partial charge in [-0.2, -0.15) is 0 Å². The van der Waals surface area contributed by atoms with Gasteiger partial charge >= 0.3 is 0 Å². The molecule has 0 aromatic heterocycles. The van der Waals surface area contributed by atoms with E-state index in [0.717, 1.165) is 25.8 Å². The van der Waals surface area contributed by atoms with Crippen molar-refractivity contribution in [2.24, 2.45) is 0 Å². The Kier molecular flexibility index (Phi) is 3.48. The number of hydrogen-bond acceptors (Lipinski definition) is 2. The first-order valence-electron chi connectivity index (χ1n) is 6.21. The number of nitrogens with zero attached hydrogens (tertiary/aromatic N) is 1. The lowest BCUT2D eigenvalue weighted by Crippen LogP contribution is -2.49. The third kappa shape index (κ3) is 2.07. The maximum absolute atomic E-state index is 12.4. The van der Waals surface area contributed by atoms with E-state index in [1.54, 1.807) is 0 Å². The highest BCUT2D eigenvalue weighted by atomic mass is 16.3. The minimum atomic E-state index is -0.340. The molecule has 1 aliphatic heterocycles. The lowest BCUT2D eigenvalue weighted by atomic mass is 9.93. The van der Waals surface area contributed by atoms with E-state index in [0.29, 0.717) is 5.56 Å². The quantitative estimate of drug-likeness (QED) is 0.868. The molecule has 1 fully saturated rings. The third-order valence-electron chi connectivity index (χ3n) is 3.81. The van der Waals surface area contributed by atoms with Gasteiger partial charge in [0.1, 0.15) is 0 Å². The van der Waals surface area contributed by atoms with Crippen molar-refractivity contribution in [2.75, 3.05) is 13.2 Å². The van der Waals surface area contributed by atoms with Crippen molar-refractivity contribution >= 4 is 5.91 Å². The average molecular weight is 233 g/mol. The van der Waals surface area contributed by atoms with Gasteiger partial charge < -0.3 is 10.0 Å². The molecule has 1 aliphatic rings. The number of carbonyl (C=O) groups excluding carboxylic acids is 1. The van der Waals surface area contributed by atoms with E-state index in [2.05, 4.69) is 0 Å². The Labute approximate surface area is 102 Å². The lowest BCUT2D eigenvalue weighted by Gasteiger charge is -2.36. The summed E-state index contributed by atoms with van der Waals surface area (Å²) >= 11 is 0. The second-order valence-electron chi connectivity index (χ2n) is 4.66. The van der Waals surface area contributed by atoms with E-state index in [-0.39, 0.29) is 18.1 Å². The van der Waals surface area contributed by atoms with Gasteiger partial charge in [0.25, 0.3) is 5.91 Å². The summed E-state index contributed by atoms with van der Waals surface area (Å²) in [5.41, 5.74) is 0.369. The molecule has 1 unspecified atom stereocenters. The van der Waals surface area contributed by atoms with Crippen LogP contribution in [0.5, 0.6) is 0 Å². The number of rotatable bonds is 3. The lowest BCUT2D eigenvalue weighted by molar-refractivity contribution is 0.0397. The molecule has 1 N–H and O–H groups in total. The third-order valence-corrected chi connectivity index (χ3v) is 3.81. The van der Waals surface area contributed by atoms with Gasteiger partial charge in [-0.15, -0.1) is 0 Å². The second-order valence-corrected chi connectivity index (χ2v) is 4.66. The molecule has 0 saturated carbocycles. The van der Waals surface area contributed by atoms with Crippen LogP contribution in [0.2, 0.25) is 0 Å². The van der Waals surface area contributed by atoms with E-state index < -0.39 is 0 Å². The van der Waals surface area contributed by atoms with Gasteiger partial charge in [-0.05, 0) is 31.4 Å². The molecule has 1 heterocycles. The van der Waals surface area contributed by atoms with Crippen molar-refractivity contribution in [1.82, 2.24) is 4.90 Å². The Hall–Kier alpha value is -1.35. The predicted octanol–water partition coefficient (Wildman–Crippen LogP) is 2.06. The number of amides is 1. The smallest absolute Gasteiger partial charge is 0.254 e. The summed E-state index contributed by atoms with van der Waals surface area (Å²) in [5.74, 6) is 0.0407.